The number of rotatable bonds is 6. The molecule has 142 valence electrons. The summed E-state index contributed by atoms with van der Waals surface area (Å²) in [4.78, 5) is 8.03. The predicted molar refractivity (Wildman–Crippen MR) is 107 cm³/mol. The minimum atomic E-state index is -2.69. The summed E-state index contributed by atoms with van der Waals surface area (Å²) in [5, 5.41) is 3.61. The van der Waals surface area contributed by atoms with Gasteiger partial charge in [0.1, 0.15) is 5.82 Å². The third-order valence-corrected chi connectivity index (χ3v) is 4.15. The molecule has 0 bridgehead atoms. The van der Waals surface area contributed by atoms with Crippen LogP contribution in [0.3, 0.4) is 0 Å². The second kappa shape index (κ2) is 7.45. The fourth-order valence-corrected chi connectivity index (χ4v) is 2.79. The van der Waals surface area contributed by atoms with Crippen LogP contribution in [-0.4, -0.2) is 31.2 Å². The lowest BCUT2D eigenvalue weighted by molar-refractivity contribution is 0.324. The number of hydrogen-bond acceptors (Lipinski definition) is 8. The molecule has 3 rings (SSSR count). The molecule has 0 aliphatic heterocycles. The molecular formula is C19H23N5O3. The van der Waals surface area contributed by atoms with E-state index >= 15 is 0 Å². The summed E-state index contributed by atoms with van der Waals surface area (Å²) in [7, 11) is 0.0656. The number of hydrogen-bond donors (Lipinski definition) is 3. The van der Waals surface area contributed by atoms with Crippen LogP contribution >= 0.6 is 0 Å². The minimum Gasteiger partial charge on any atom is -0.493 e. The normalized spacial score (nSPS) is 13.8. The molecular weight excluding hydrogens is 346 g/mol. The Bertz CT molecular complexity index is 1160. The predicted octanol–water partition coefficient (Wildman–Crippen LogP) is 2.74. The first-order valence-corrected chi connectivity index (χ1v) is 7.97. The molecule has 0 saturated heterocycles. The van der Waals surface area contributed by atoms with E-state index in [4.69, 9.17) is 32.5 Å². The van der Waals surface area contributed by atoms with Crippen LogP contribution in [0.2, 0.25) is 0 Å². The van der Waals surface area contributed by atoms with Gasteiger partial charge in [-0.2, -0.15) is 4.98 Å². The van der Waals surface area contributed by atoms with Gasteiger partial charge in [-0.25, -0.2) is 4.98 Å². The van der Waals surface area contributed by atoms with E-state index in [0.717, 1.165) is 0 Å². The Balaban J connectivity index is 2.01. The highest BCUT2D eigenvalue weighted by Gasteiger charge is 2.14. The van der Waals surface area contributed by atoms with Gasteiger partial charge in [0, 0.05) is 29.8 Å². The van der Waals surface area contributed by atoms with Crippen LogP contribution in [-0.2, 0) is 6.54 Å². The lowest BCUT2D eigenvalue weighted by atomic mass is 10.0. The Labute approximate surface area is 164 Å². The molecule has 0 aliphatic rings. The average Bonchev–Trinajstić information content (AvgIpc) is 2.71. The number of aromatic nitrogens is 2. The van der Waals surface area contributed by atoms with Gasteiger partial charge in [-0.3, -0.25) is 0 Å². The molecule has 0 aliphatic carbocycles. The van der Waals surface area contributed by atoms with Crippen LogP contribution in [0.15, 0.2) is 24.2 Å². The molecule has 5 N–H and O–H groups in total. The monoisotopic (exact) mass is 374 g/mol. The van der Waals surface area contributed by atoms with Crippen molar-refractivity contribution in [1.82, 2.24) is 9.97 Å². The zero-order valence-corrected chi connectivity index (χ0v) is 15.1. The molecule has 1 aromatic heterocycles. The number of benzene rings is 2. The highest BCUT2D eigenvalue weighted by atomic mass is 16.5. The SMILES string of the molecule is [2H]c1c(CNc2cc(OC)c(OC([2H])([2H])[2H])c(OC)c2)c(C)c2c(N)nc(N)nc2c1[2H]. The number of aryl methyl sites for hydroxylation is 1. The van der Waals surface area contributed by atoms with Crippen molar-refractivity contribution in [3.05, 3.63) is 35.3 Å². The number of nitrogens with zero attached hydrogens (tertiary/aromatic N) is 2. The Kier molecular flexibility index (Phi) is 3.55. The van der Waals surface area contributed by atoms with E-state index in [2.05, 4.69) is 15.3 Å². The summed E-state index contributed by atoms with van der Waals surface area (Å²) in [6.07, 6.45) is 0. The number of nitrogen functional groups attached to an aromatic ring is 2. The van der Waals surface area contributed by atoms with Crippen molar-refractivity contribution >= 4 is 28.4 Å². The smallest absolute Gasteiger partial charge is 0.222 e. The fourth-order valence-electron chi connectivity index (χ4n) is 2.79. The Morgan fingerprint density at radius 3 is 2.44 bits per heavy atom. The molecule has 0 fully saturated rings. The zero-order chi connectivity index (χ0) is 23.8. The molecule has 0 spiro atoms. The quantitative estimate of drug-likeness (QED) is 0.603. The first-order chi connectivity index (χ1) is 15.0. The van der Waals surface area contributed by atoms with Crippen LogP contribution in [0.1, 0.15) is 18.0 Å². The van der Waals surface area contributed by atoms with Gasteiger partial charge < -0.3 is 31.0 Å². The maximum absolute atomic E-state index is 8.41. The average molecular weight is 374 g/mol. The highest BCUT2D eigenvalue weighted by molar-refractivity contribution is 5.92. The van der Waals surface area contributed by atoms with Gasteiger partial charge in [-0.1, -0.05) is 6.04 Å². The molecule has 2 aromatic carbocycles. The number of ether oxygens (including phenoxy) is 3. The topological polar surface area (TPSA) is 118 Å². The maximum atomic E-state index is 8.41. The number of fused-ring (bicyclic) bond motifs is 1. The van der Waals surface area contributed by atoms with E-state index in [1.165, 1.54) is 14.2 Å². The molecule has 27 heavy (non-hydrogen) atoms. The number of nitrogens with one attached hydrogen (secondary N) is 1. The third kappa shape index (κ3) is 3.46. The second-order valence-corrected chi connectivity index (χ2v) is 5.71. The van der Waals surface area contributed by atoms with E-state index < -0.39 is 7.04 Å². The van der Waals surface area contributed by atoms with Crippen LogP contribution in [0.4, 0.5) is 17.5 Å². The first kappa shape index (κ1) is 12.9. The van der Waals surface area contributed by atoms with Crippen molar-refractivity contribution in [2.75, 3.05) is 38.0 Å². The van der Waals surface area contributed by atoms with Gasteiger partial charge in [0.2, 0.25) is 11.7 Å². The molecule has 0 radical (unpaired) electrons. The van der Waals surface area contributed by atoms with Crippen LogP contribution in [0, 0.1) is 6.92 Å². The lowest BCUT2D eigenvalue weighted by Gasteiger charge is -2.16. The van der Waals surface area contributed by atoms with E-state index in [-0.39, 0.29) is 53.2 Å². The van der Waals surface area contributed by atoms with Crippen molar-refractivity contribution in [3.8, 4) is 17.2 Å². The first-order valence-electron chi connectivity index (χ1n) is 10.5. The van der Waals surface area contributed by atoms with Gasteiger partial charge >= 0.3 is 0 Å². The summed E-state index contributed by atoms with van der Waals surface area (Å²) in [6, 6.07) is 2.95. The second-order valence-electron chi connectivity index (χ2n) is 5.71. The number of methoxy groups -OCH3 is 3. The minimum absolute atomic E-state index is 0.0266. The van der Waals surface area contributed by atoms with E-state index in [9.17, 15) is 0 Å². The molecule has 3 aromatic rings. The molecule has 0 atom stereocenters. The standard InChI is InChI=1S/C19H23N5O3/c1-10-11(5-6-13-16(10)18(20)24-19(21)23-13)9-22-12-7-14(25-2)17(27-4)15(8-12)26-3/h5-8,22H,9H2,1-4H3,(H4,20,21,23,24)/i4D3,5D,6D. The largest absolute Gasteiger partial charge is 0.493 e. The van der Waals surface area contributed by atoms with Gasteiger partial charge in [0.25, 0.3) is 0 Å². The Morgan fingerprint density at radius 2 is 1.81 bits per heavy atom. The molecule has 0 unspecified atom stereocenters. The summed E-state index contributed by atoms with van der Waals surface area (Å²) >= 11 is 0. The van der Waals surface area contributed by atoms with Gasteiger partial charge in [-0.15, -0.1) is 0 Å². The van der Waals surface area contributed by atoms with Crippen molar-refractivity contribution in [2.24, 2.45) is 0 Å². The summed E-state index contributed by atoms with van der Waals surface area (Å²) < 4.78 is 54.3. The summed E-state index contributed by atoms with van der Waals surface area (Å²) in [6.45, 7) is 1.92. The number of anilines is 3. The highest BCUT2D eigenvalue weighted by Crippen LogP contribution is 2.40. The van der Waals surface area contributed by atoms with E-state index in [1.807, 2.05) is 0 Å². The molecule has 8 heteroatoms. The Hall–Kier alpha value is -3.42. The van der Waals surface area contributed by atoms with E-state index in [1.54, 1.807) is 19.1 Å². The molecule has 0 saturated carbocycles. The van der Waals surface area contributed by atoms with Crippen molar-refractivity contribution in [3.63, 3.8) is 0 Å². The number of nitrogens with two attached hydrogens (primary N) is 2. The molecule has 0 amide bonds. The van der Waals surface area contributed by atoms with Gasteiger partial charge in [-0.05, 0) is 24.1 Å². The van der Waals surface area contributed by atoms with Gasteiger partial charge in [0.15, 0.2) is 11.5 Å². The van der Waals surface area contributed by atoms with Crippen LogP contribution in [0.5, 0.6) is 17.2 Å². The van der Waals surface area contributed by atoms with E-state index in [0.29, 0.717) is 22.2 Å². The molecule has 1 heterocycles. The molecule has 8 nitrogen and oxygen atoms in total. The lowest BCUT2D eigenvalue weighted by Crippen LogP contribution is -2.06. The van der Waals surface area contributed by atoms with Crippen molar-refractivity contribution in [1.29, 1.82) is 0 Å². The fraction of sp³-hybridized carbons (Fsp3) is 0.263. The summed E-state index contributed by atoms with van der Waals surface area (Å²) in [5.74, 6) is 0.317. The zero-order valence-electron chi connectivity index (χ0n) is 20.1. The maximum Gasteiger partial charge on any atom is 0.222 e. The third-order valence-electron chi connectivity index (χ3n) is 4.15. The van der Waals surface area contributed by atoms with Gasteiger partial charge in [0.05, 0.1) is 33.6 Å². The van der Waals surface area contributed by atoms with Crippen LogP contribution in [0.25, 0.3) is 10.9 Å². The van der Waals surface area contributed by atoms with Crippen molar-refractivity contribution < 1.29 is 21.1 Å². The Morgan fingerprint density at radius 1 is 1.11 bits per heavy atom. The summed E-state index contributed by atoms with van der Waals surface area (Å²) in [5.41, 5.74) is 13.5. The van der Waals surface area contributed by atoms with Crippen molar-refractivity contribution in [2.45, 2.75) is 13.5 Å². The van der Waals surface area contributed by atoms with Crippen LogP contribution < -0.4 is 31.0 Å².